The quantitative estimate of drug-likeness (QED) is 0.768. The molecule has 0 atom stereocenters. The van der Waals surface area contributed by atoms with Gasteiger partial charge in [0.25, 0.3) is 5.56 Å². The minimum Gasteiger partial charge on any atom is -0.310 e. The van der Waals surface area contributed by atoms with Crippen LogP contribution in [0.15, 0.2) is 29.1 Å². The van der Waals surface area contributed by atoms with E-state index in [4.69, 9.17) is 23.2 Å². The number of H-pyrrole nitrogens is 1. The van der Waals surface area contributed by atoms with E-state index in [-0.39, 0.29) is 5.56 Å². The minimum atomic E-state index is -0.112. The van der Waals surface area contributed by atoms with Gasteiger partial charge in [-0.25, -0.2) is 4.98 Å². The topological polar surface area (TPSA) is 45.8 Å². The van der Waals surface area contributed by atoms with E-state index < -0.39 is 0 Å². The van der Waals surface area contributed by atoms with E-state index in [2.05, 4.69) is 9.97 Å². The highest BCUT2D eigenvalue weighted by molar-refractivity contribution is 7.18. The lowest BCUT2D eigenvalue weighted by Gasteiger charge is -2.04. The molecule has 0 spiro atoms. The Bertz CT molecular complexity index is 854. The third-order valence-corrected chi connectivity index (χ3v) is 4.48. The molecule has 6 heteroatoms. The number of hydrogen-bond acceptors (Lipinski definition) is 3. The third-order valence-electron chi connectivity index (χ3n) is 2.95. The fourth-order valence-electron chi connectivity index (χ4n) is 2.03. The summed E-state index contributed by atoms with van der Waals surface area (Å²) in [6, 6.07) is 7.15. The molecule has 102 valence electrons. The summed E-state index contributed by atoms with van der Waals surface area (Å²) in [4.78, 5) is 21.1. The van der Waals surface area contributed by atoms with Crippen LogP contribution >= 0.6 is 34.5 Å². The minimum absolute atomic E-state index is 0.112. The van der Waals surface area contributed by atoms with Crippen molar-refractivity contribution in [3.05, 3.63) is 60.9 Å². The van der Waals surface area contributed by atoms with Gasteiger partial charge in [-0.2, -0.15) is 0 Å². The smallest absolute Gasteiger partial charge is 0.259 e. The maximum Gasteiger partial charge on any atom is 0.259 e. The fraction of sp³-hybridized carbons (Fsp3) is 0.143. The van der Waals surface area contributed by atoms with Crippen molar-refractivity contribution >= 4 is 44.8 Å². The third kappa shape index (κ3) is 2.59. The van der Waals surface area contributed by atoms with Gasteiger partial charge in [0.2, 0.25) is 0 Å². The summed E-state index contributed by atoms with van der Waals surface area (Å²) in [5.74, 6) is 0.605. The zero-order valence-corrected chi connectivity index (χ0v) is 12.9. The SMILES string of the molecule is Cc1cc2c(=O)[nH]c(Cc3ccc(Cl)cc3Cl)nc2s1. The summed E-state index contributed by atoms with van der Waals surface area (Å²) in [6.45, 7) is 1.96. The van der Waals surface area contributed by atoms with Gasteiger partial charge in [-0.3, -0.25) is 4.79 Å². The van der Waals surface area contributed by atoms with Gasteiger partial charge in [0.1, 0.15) is 10.7 Å². The van der Waals surface area contributed by atoms with E-state index in [0.717, 1.165) is 15.3 Å². The van der Waals surface area contributed by atoms with Crippen molar-refractivity contribution < 1.29 is 0 Å². The monoisotopic (exact) mass is 324 g/mol. The number of benzene rings is 1. The molecule has 0 amide bonds. The zero-order chi connectivity index (χ0) is 14.3. The highest BCUT2D eigenvalue weighted by Crippen LogP contribution is 2.24. The predicted molar refractivity (Wildman–Crippen MR) is 84.2 cm³/mol. The second kappa shape index (κ2) is 5.20. The molecule has 2 aromatic heterocycles. The summed E-state index contributed by atoms with van der Waals surface area (Å²) >= 11 is 13.5. The van der Waals surface area contributed by atoms with Crippen LogP contribution in [0.4, 0.5) is 0 Å². The Hall–Kier alpha value is -1.36. The molecular weight excluding hydrogens is 315 g/mol. The van der Waals surface area contributed by atoms with E-state index in [9.17, 15) is 4.79 Å². The van der Waals surface area contributed by atoms with Crippen molar-refractivity contribution in [3.63, 3.8) is 0 Å². The molecule has 1 N–H and O–H groups in total. The van der Waals surface area contributed by atoms with Gasteiger partial charge in [0, 0.05) is 21.3 Å². The first-order valence-electron chi connectivity index (χ1n) is 5.96. The molecule has 0 aliphatic rings. The molecule has 3 nitrogen and oxygen atoms in total. The normalized spacial score (nSPS) is 11.2. The van der Waals surface area contributed by atoms with Crippen molar-refractivity contribution in [2.75, 3.05) is 0 Å². The number of hydrogen-bond donors (Lipinski definition) is 1. The Morgan fingerprint density at radius 1 is 1.30 bits per heavy atom. The first-order valence-corrected chi connectivity index (χ1v) is 7.53. The van der Waals surface area contributed by atoms with Crippen LogP contribution in [-0.4, -0.2) is 9.97 Å². The van der Waals surface area contributed by atoms with E-state index >= 15 is 0 Å². The largest absolute Gasteiger partial charge is 0.310 e. The zero-order valence-electron chi connectivity index (χ0n) is 10.5. The summed E-state index contributed by atoms with van der Waals surface area (Å²) < 4.78 is 0. The van der Waals surface area contributed by atoms with E-state index in [1.165, 1.54) is 11.3 Å². The molecule has 0 saturated heterocycles. The Labute approximate surface area is 129 Å². The van der Waals surface area contributed by atoms with Crippen LogP contribution in [0.5, 0.6) is 0 Å². The first-order chi connectivity index (χ1) is 9.52. The molecule has 0 saturated carbocycles. The highest BCUT2D eigenvalue weighted by Gasteiger charge is 2.09. The van der Waals surface area contributed by atoms with Crippen LogP contribution in [0.1, 0.15) is 16.3 Å². The van der Waals surface area contributed by atoms with Crippen LogP contribution < -0.4 is 5.56 Å². The standard InChI is InChI=1S/C14H10Cl2N2OS/c1-7-4-10-13(19)17-12(18-14(10)20-7)5-8-2-3-9(15)6-11(8)16/h2-4,6H,5H2,1H3,(H,17,18,19). The number of aromatic amines is 1. The summed E-state index contributed by atoms with van der Waals surface area (Å²) in [6.07, 6.45) is 0.470. The number of thiophene rings is 1. The molecule has 0 fully saturated rings. The van der Waals surface area contributed by atoms with Gasteiger partial charge in [0.05, 0.1) is 5.39 Å². The number of nitrogens with zero attached hydrogens (tertiary/aromatic N) is 1. The van der Waals surface area contributed by atoms with E-state index in [1.54, 1.807) is 12.1 Å². The highest BCUT2D eigenvalue weighted by atomic mass is 35.5. The lowest BCUT2D eigenvalue weighted by molar-refractivity contribution is 0.977. The second-order valence-corrected chi connectivity index (χ2v) is 6.58. The number of aryl methyl sites for hydroxylation is 1. The van der Waals surface area contributed by atoms with Crippen molar-refractivity contribution in [3.8, 4) is 0 Å². The molecule has 2 heterocycles. The van der Waals surface area contributed by atoms with Gasteiger partial charge in [-0.05, 0) is 30.7 Å². The Balaban J connectivity index is 2.04. The number of halogens is 2. The molecule has 0 radical (unpaired) electrons. The first kappa shape index (κ1) is 13.6. The van der Waals surface area contributed by atoms with Gasteiger partial charge in [-0.15, -0.1) is 11.3 Å². The second-order valence-electron chi connectivity index (χ2n) is 4.50. The molecule has 3 rings (SSSR count). The number of aromatic nitrogens is 2. The van der Waals surface area contributed by atoms with Crippen LogP contribution in [0.25, 0.3) is 10.2 Å². The predicted octanol–water partition coefficient (Wildman–Crippen LogP) is 4.19. The Kier molecular flexibility index (Phi) is 3.54. The molecule has 0 aliphatic heterocycles. The number of nitrogens with one attached hydrogen (secondary N) is 1. The summed E-state index contributed by atoms with van der Waals surface area (Å²) in [7, 11) is 0. The number of rotatable bonds is 2. The molecule has 0 bridgehead atoms. The fourth-order valence-corrected chi connectivity index (χ4v) is 3.40. The van der Waals surface area contributed by atoms with Crippen molar-refractivity contribution in [1.29, 1.82) is 0 Å². The molecule has 0 unspecified atom stereocenters. The van der Waals surface area contributed by atoms with Gasteiger partial charge in [0.15, 0.2) is 0 Å². The van der Waals surface area contributed by atoms with Gasteiger partial charge >= 0.3 is 0 Å². The van der Waals surface area contributed by atoms with E-state index in [1.807, 2.05) is 19.1 Å². The Morgan fingerprint density at radius 2 is 2.10 bits per heavy atom. The average Bonchev–Trinajstić information content (AvgIpc) is 2.74. The van der Waals surface area contributed by atoms with Crippen LogP contribution in [0.3, 0.4) is 0 Å². The number of fused-ring (bicyclic) bond motifs is 1. The van der Waals surface area contributed by atoms with Crippen molar-refractivity contribution in [1.82, 2.24) is 9.97 Å². The van der Waals surface area contributed by atoms with Crippen LogP contribution in [0.2, 0.25) is 10.0 Å². The summed E-state index contributed by atoms with van der Waals surface area (Å²) in [5, 5.41) is 1.80. The Morgan fingerprint density at radius 3 is 2.85 bits per heavy atom. The maximum absolute atomic E-state index is 12.0. The van der Waals surface area contributed by atoms with Crippen molar-refractivity contribution in [2.24, 2.45) is 0 Å². The molecule has 0 aliphatic carbocycles. The maximum atomic E-state index is 12.0. The molecule has 3 aromatic rings. The molecule has 20 heavy (non-hydrogen) atoms. The van der Waals surface area contributed by atoms with Gasteiger partial charge in [-0.1, -0.05) is 29.3 Å². The summed E-state index contributed by atoms with van der Waals surface area (Å²) in [5.41, 5.74) is 0.770. The lowest BCUT2D eigenvalue weighted by Crippen LogP contribution is -2.11. The van der Waals surface area contributed by atoms with Crippen molar-refractivity contribution in [2.45, 2.75) is 13.3 Å². The van der Waals surface area contributed by atoms with Crippen LogP contribution in [-0.2, 0) is 6.42 Å². The average molecular weight is 325 g/mol. The van der Waals surface area contributed by atoms with E-state index in [0.29, 0.717) is 27.7 Å². The lowest BCUT2D eigenvalue weighted by atomic mass is 10.1. The molecular formula is C14H10Cl2N2OS. The van der Waals surface area contributed by atoms with Gasteiger partial charge < -0.3 is 4.98 Å². The van der Waals surface area contributed by atoms with Crippen LogP contribution in [0, 0.1) is 6.92 Å². The molecule has 1 aromatic carbocycles.